The van der Waals surface area contributed by atoms with Gasteiger partial charge in [-0.1, -0.05) is 26.2 Å². The number of hydrogen-bond donors (Lipinski definition) is 1. The molecule has 0 aliphatic carbocycles. The fourth-order valence-corrected chi connectivity index (χ4v) is 3.55. The Hall–Kier alpha value is 0.270. The van der Waals surface area contributed by atoms with E-state index in [9.17, 15) is 0 Å². The average Bonchev–Trinajstić information content (AvgIpc) is 2.29. The highest BCUT2D eigenvalue weighted by Crippen LogP contribution is 2.13. The molecular weight excluding hydrogens is 228 g/mol. The lowest BCUT2D eigenvalue weighted by atomic mass is 10.0. The van der Waals surface area contributed by atoms with Crippen LogP contribution in [0.2, 0.25) is 0 Å². The van der Waals surface area contributed by atoms with Crippen LogP contribution in [0.5, 0.6) is 0 Å². The lowest BCUT2D eigenvalue weighted by molar-refractivity contribution is 0.217. The molecule has 0 aromatic heterocycles. The molecule has 3 heteroatoms. The van der Waals surface area contributed by atoms with E-state index in [4.69, 9.17) is 0 Å². The first kappa shape index (κ1) is 15.3. The van der Waals surface area contributed by atoms with Crippen molar-refractivity contribution >= 4 is 11.8 Å². The quantitative estimate of drug-likeness (QED) is 0.788. The summed E-state index contributed by atoms with van der Waals surface area (Å²) in [6.07, 6.45) is 10.5. The molecule has 1 saturated heterocycles. The lowest BCUT2D eigenvalue weighted by Gasteiger charge is -2.31. The summed E-state index contributed by atoms with van der Waals surface area (Å²) in [6.45, 7) is 4.75. The Morgan fingerprint density at radius 1 is 1.29 bits per heavy atom. The van der Waals surface area contributed by atoms with E-state index in [1.54, 1.807) is 0 Å². The van der Waals surface area contributed by atoms with Crippen LogP contribution >= 0.6 is 11.8 Å². The largest absolute Gasteiger partial charge is 0.313 e. The van der Waals surface area contributed by atoms with E-state index in [1.807, 2.05) is 11.8 Å². The van der Waals surface area contributed by atoms with Crippen molar-refractivity contribution in [2.45, 2.75) is 57.5 Å². The van der Waals surface area contributed by atoms with Crippen molar-refractivity contribution < 1.29 is 0 Å². The summed E-state index contributed by atoms with van der Waals surface area (Å²) in [5, 5.41) is 3.73. The SMILES string of the molecule is CCC(CSC)N(C)CC1CCCCCCN1. The Bertz CT molecular complexity index is 179. The maximum atomic E-state index is 3.73. The molecule has 0 spiro atoms. The van der Waals surface area contributed by atoms with Crippen LogP contribution in [0.1, 0.15) is 45.4 Å². The first-order valence-corrected chi connectivity index (χ1v) is 8.59. The lowest BCUT2D eigenvalue weighted by Crippen LogP contribution is -2.45. The second-order valence-electron chi connectivity index (χ2n) is 5.31. The second kappa shape index (κ2) is 9.23. The van der Waals surface area contributed by atoms with Crippen LogP contribution in [-0.4, -0.2) is 49.1 Å². The monoisotopic (exact) mass is 258 g/mol. The molecule has 0 aromatic rings. The number of rotatable bonds is 6. The fraction of sp³-hybridized carbons (Fsp3) is 1.00. The molecular formula is C14H30N2S. The molecule has 1 heterocycles. The van der Waals surface area contributed by atoms with E-state index in [-0.39, 0.29) is 0 Å². The average molecular weight is 258 g/mol. The van der Waals surface area contributed by atoms with Crippen molar-refractivity contribution in [3.05, 3.63) is 0 Å². The van der Waals surface area contributed by atoms with Gasteiger partial charge in [-0.05, 0) is 39.1 Å². The smallest absolute Gasteiger partial charge is 0.0195 e. The standard InChI is InChI=1S/C14H30N2S/c1-4-14(12-17-3)16(2)11-13-9-7-5-6-8-10-15-13/h13-15H,4-12H2,1-3H3. The summed E-state index contributed by atoms with van der Waals surface area (Å²) >= 11 is 1.97. The van der Waals surface area contributed by atoms with E-state index in [1.165, 1.54) is 57.4 Å². The molecule has 1 aliphatic rings. The minimum atomic E-state index is 0.719. The topological polar surface area (TPSA) is 15.3 Å². The maximum absolute atomic E-state index is 3.73. The molecule has 0 amide bonds. The van der Waals surface area contributed by atoms with Crippen LogP contribution < -0.4 is 5.32 Å². The van der Waals surface area contributed by atoms with Gasteiger partial charge in [-0.15, -0.1) is 0 Å². The number of likely N-dealkylation sites (N-methyl/N-ethyl adjacent to an activating group) is 1. The summed E-state index contributed by atoms with van der Waals surface area (Å²) in [7, 11) is 2.30. The van der Waals surface area contributed by atoms with Gasteiger partial charge in [0.2, 0.25) is 0 Å². The first-order valence-electron chi connectivity index (χ1n) is 7.20. The number of nitrogens with one attached hydrogen (secondary N) is 1. The van der Waals surface area contributed by atoms with Crippen LogP contribution in [-0.2, 0) is 0 Å². The van der Waals surface area contributed by atoms with Crippen molar-refractivity contribution in [3.8, 4) is 0 Å². The molecule has 1 aliphatic heterocycles. The van der Waals surface area contributed by atoms with E-state index >= 15 is 0 Å². The van der Waals surface area contributed by atoms with Crippen molar-refractivity contribution in [3.63, 3.8) is 0 Å². The molecule has 0 aromatic carbocycles. The molecule has 0 bridgehead atoms. The van der Waals surface area contributed by atoms with Crippen LogP contribution in [0, 0.1) is 0 Å². The first-order chi connectivity index (χ1) is 8.27. The van der Waals surface area contributed by atoms with E-state index in [2.05, 4.69) is 30.4 Å². The molecule has 1 fully saturated rings. The van der Waals surface area contributed by atoms with Gasteiger partial charge >= 0.3 is 0 Å². The Kier molecular flexibility index (Phi) is 8.33. The van der Waals surface area contributed by atoms with Gasteiger partial charge < -0.3 is 10.2 Å². The molecule has 102 valence electrons. The van der Waals surface area contributed by atoms with E-state index in [0.717, 1.165) is 12.1 Å². The minimum Gasteiger partial charge on any atom is -0.313 e. The van der Waals surface area contributed by atoms with Crippen molar-refractivity contribution in [1.29, 1.82) is 0 Å². The van der Waals surface area contributed by atoms with Gasteiger partial charge in [0.05, 0.1) is 0 Å². The third kappa shape index (κ3) is 6.12. The van der Waals surface area contributed by atoms with Crippen molar-refractivity contribution in [1.82, 2.24) is 10.2 Å². The number of hydrogen-bond acceptors (Lipinski definition) is 3. The van der Waals surface area contributed by atoms with Crippen molar-refractivity contribution in [2.24, 2.45) is 0 Å². The molecule has 0 saturated carbocycles. The Balaban J connectivity index is 2.33. The molecule has 2 unspecified atom stereocenters. The number of thioether (sulfide) groups is 1. The van der Waals surface area contributed by atoms with Crippen LogP contribution in [0.3, 0.4) is 0 Å². The summed E-state index contributed by atoms with van der Waals surface area (Å²) in [4.78, 5) is 2.57. The van der Waals surface area contributed by atoms with Crippen LogP contribution in [0.15, 0.2) is 0 Å². The van der Waals surface area contributed by atoms with E-state index < -0.39 is 0 Å². The summed E-state index contributed by atoms with van der Waals surface area (Å²) in [5.41, 5.74) is 0. The predicted molar refractivity (Wildman–Crippen MR) is 80.0 cm³/mol. The third-order valence-electron chi connectivity index (χ3n) is 3.87. The van der Waals surface area contributed by atoms with Gasteiger partial charge in [-0.2, -0.15) is 11.8 Å². The Morgan fingerprint density at radius 2 is 2.06 bits per heavy atom. The zero-order valence-corrected chi connectivity index (χ0v) is 12.7. The van der Waals surface area contributed by atoms with Crippen LogP contribution in [0.4, 0.5) is 0 Å². The van der Waals surface area contributed by atoms with Gasteiger partial charge in [-0.25, -0.2) is 0 Å². The Morgan fingerprint density at radius 3 is 2.76 bits per heavy atom. The molecule has 17 heavy (non-hydrogen) atoms. The summed E-state index contributed by atoms with van der Waals surface area (Å²) < 4.78 is 0. The highest BCUT2D eigenvalue weighted by Gasteiger charge is 2.17. The highest BCUT2D eigenvalue weighted by atomic mass is 32.2. The van der Waals surface area contributed by atoms with Gasteiger partial charge in [0, 0.05) is 24.4 Å². The highest BCUT2D eigenvalue weighted by molar-refractivity contribution is 7.98. The Labute approximate surface area is 112 Å². The van der Waals surface area contributed by atoms with Crippen molar-refractivity contribution in [2.75, 3.05) is 32.1 Å². The normalized spacial score (nSPS) is 24.4. The zero-order chi connectivity index (χ0) is 12.5. The molecule has 2 nitrogen and oxygen atoms in total. The van der Waals surface area contributed by atoms with Gasteiger partial charge in [0.15, 0.2) is 0 Å². The fourth-order valence-electron chi connectivity index (χ4n) is 2.68. The van der Waals surface area contributed by atoms with Gasteiger partial charge in [0.25, 0.3) is 0 Å². The maximum Gasteiger partial charge on any atom is 0.0195 e. The van der Waals surface area contributed by atoms with E-state index in [0.29, 0.717) is 0 Å². The van der Waals surface area contributed by atoms with Gasteiger partial charge in [-0.3, -0.25) is 0 Å². The van der Waals surface area contributed by atoms with Gasteiger partial charge in [0.1, 0.15) is 0 Å². The van der Waals surface area contributed by atoms with Crippen LogP contribution in [0.25, 0.3) is 0 Å². The summed E-state index contributed by atoms with van der Waals surface area (Å²) in [5.74, 6) is 1.26. The number of nitrogens with zero attached hydrogens (tertiary/aromatic N) is 1. The zero-order valence-electron chi connectivity index (χ0n) is 11.9. The predicted octanol–water partition coefficient (Wildman–Crippen LogP) is 2.98. The molecule has 1 rings (SSSR count). The third-order valence-corrected chi connectivity index (χ3v) is 4.59. The summed E-state index contributed by atoms with van der Waals surface area (Å²) in [6, 6.07) is 1.47. The molecule has 2 atom stereocenters. The molecule has 0 radical (unpaired) electrons. The second-order valence-corrected chi connectivity index (χ2v) is 6.22. The molecule has 1 N–H and O–H groups in total. The minimum absolute atomic E-state index is 0.719.